The van der Waals surface area contributed by atoms with E-state index in [1.165, 1.54) is 23.3 Å². The smallest absolute Gasteiger partial charge is 0.255 e. The van der Waals surface area contributed by atoms with Crippen LogP contribution in [-0.4, -0.2) is 46.4 Å². The Morgan fingerprint density at radius 1 is 1.27 bits per heavy atom. The monoisotopic (exact) mass is 369 g/mol. The van der Waals surface area contributed by atoms with Crippen molar-refractivity contribution in [1.82, 2.24) is 14.8 Å². The van der Waals surface area contributed by atoms with E-state index < -0.39 is 0 Å². The maximum atomic E-state index is 13.2. The minimum atomic E-state index is 0.239. The Kier molecular flexibility index (Phi) is 5.09. The number of pyridine rings is 1. The van der Waals surface area contributed by atoms with Gasteiger partial charge in [0.15, 0.2) is 0 Å². The van der Waals surface area contributed by atoms with Crippen molar-refractivity contribution in [2.24, 2.45) is 5.92 Å². The van der Waals surface area contributed by atoms with Gasteiger partial charge in [-0.3, -0.25) is 14.7 Å². The topological polar surface area (TPSA) is 36.4 Å². The molecule has 0 N–H and O–H groups in total. The number of thiophene rings is 1. The number of aromatic nitrogens is 1. The number of hydrogen-bond acceptors (Lipinski definition) is 4. The molecule has 5 rings (SSSR count). The largest absolute Gasteiger partial charge is 0.337 e. The molecule has 5 heterocycles. The van der Waals surface area contributed by atoms with E-state index in [2.05, 4.69) is 46.1 Å². The van der Waals surface area contributed by atoms with Crippen molar-refractivity contribution in [2.75, 3.05) is 19.6 Å². The molecule has 0 aliphatic carbocycles. The van der Waals surface area contributed by atoms with Crippen molar-refractivity contribution in [3.05, 3.63) is 51.5 Å². The van der Waals surface area contributed by atoms with Crippen molar-refractivity contribution in [1.29, 1.82) is 0 Å². The Balaban J connectivity index is 1.51. The van der Waals surface area contributed by atoms with Gasteiger partial charge >= 0.3 is 0 Å². The summed E-state index contributed by atoms with van der Waals surface area (Å²) < 4.78 is 0. The van der Waals surface area contributed by atoms with Gasteiger partial charge in [0, 0.05) is 48.7 Å². The maximum absolute atomic E-state index is 13.2. The summed E-state index contributed by atoms with van der Waals surface area (Å²) in [6.45, 7) is 7.98. The zero-order valence-corrected chi connectivity index (χ0v) is 16.5. The quantitative estimate of drug-likeness (QED) is 0.823. The molecule has 138 valence electrons. The Bertz CT molecular complexity index is 773. The van der Waals surface area contributed by atoms with Crippen LogP contribution in [0.3, 0.4) is 0 Å². The summed E-state index contributed by atoms with van der Waals surface area (Å²) in [5, 5.41) is 2.06. The highest BCUT2D eigenvalue weighted by Gasteiger charge is 2.37. The third-order valence-electron chi connectivity index (χ3n) is 5.89. The maximum Gasteiger partial charge on any atom is 0.255 e. The number of piperidine rings is 1. The first kappa shape index (κ1) is 17.7. The van der Waals surface area contributed by atoms with Crippen LogP contribution in [0.4, 0.5) is 0 Å². The van der Waals surface area contributed by atoms with Crippen molar-refractivity contribution in [2.45, 2.75) is 45.7 Å². The summed E-state index contributed by atoms with van der Waals surface area (Å²) >= 11 is 1.71. The van der Waals surface area contributed by atoms with Gasteiger partial charge in [0.25, 0.3) is 5.91 Å². The van der Waals surface area contributed by atoms with Crippen LogP contribution in [-0.2, 0) is 13.0 Å². The van der Waals surface area contributed by atoms with Crippen molar-refractivity contribution in [3.63, 3.8) is 0 Å². The Morgan fingerprint density at radius 3 is 2.92 bits per heavy atom. The van der Waals surface area contributed by atoms with Crippen molar-refractivity contribution in [3.8, 4) is 0 Å². The highest BCUT2D eigenvalue weighted by Crippen LogP contribution is 2.31. The van der Waals surface area contributed by atoms with E-state index in [0.29, 0.717) is 12.0 Å². The number of carbonyl (C=O) groups excluding carboxylic acids is 1. The van der Waals surface area contributed by atoms with Gasteiger partial charge in [-0.2, -0.15) is 0 Å². The summed E-state index contributed by atoms with van der Waals surface area (Å²) in [7, 11) is 0. The third-order valence-corrected chi connectivity index (χ3v) is 6.85. The molecule has 0 aromatic carbocycles. The Hall–Kier alpha value is -1.72. The number of nitrogens with zero attached hydrogens (tertiary/aromatic N) is 3. The van der Waals surface area contributed by atoms with Crippen LogP contribution in [0.25, 0.3) is 0 Å². The number of amides is 1. The van der Waals surface area contributed by atoms with Crippen LogP contribution in [0.2, 0.25) is 0 Å². The minimum absolute atomic E-state index is 0.239. The molecule has 2 aromatic heterocycles. The second-order valence-corrected chi connectivity index (χ2v) is 8.68. The van der Waals surface area contributed by atoms with E-state index in [-0.39, 0.29) is 5.91 Å². The lowest BCUT2D eigenvalue weighted by molar-refractivity contribution is 0.0735. The van der Waals surface area contributed by atoms with Gasteiger partial charge in [0.1, 0.15) is 0 Å². The van der Waals surface area contributed by atoms with Crippen LogP contribution in [0.15, 0.2) is 29.8 Å². The Labute approximate surface area is 159 Å². The first-order valence-electron chi connectivity index (χ1n) is 9.66. The zero-order chi connectivity index (χ0) is 18.1. The number of aryl methyl sites for hydroxylation is 1. The molecule has 4 nitrogen and oxygen atoms in total. The van der Waals surface area contributed by atoms with Gasteiger partial charge in [-0.1, -0.05) is 13.0 Å². The van der Waals surface area contributed by atoms with Crippen molar-refractivity contribution >= 4 is 17.2 Å². The van der Waals surface area contributed by atoms with Crippen LogP contribution < -0.4 is 0 Å². The molecule has 0 unspecified atom stereocenters. The number of rotatable bonds is 4. The lowest BCUT2D eigenvalue weighted by Gasteiger charge is -2.35. The zero-order valence-electron chi connectivity index (χ0n) is 15.6. The molecule has 2 atom stereocenters. The summed E-state index contributed by atoms with van der Waals surface area (Å²) in [5.74, 6) is 0.814. The second kappa shape index (κ2) is 7.49. The van der Waals surface area contributed by atoms with Crippen LogP contribution >= 0.6 is 11.3 Å². The highest BCUT2D eigenvalue weighted by atomic mass is 32.1. The lowest BCUT2D eigenvalue weighted by atomic mass is 9.95. The molecule has 5 heteroatoms. The fourth-order valence-electron chi connectivity index (χ4n) is 4.51. The fraction of sp³-hybridized carbons (Fsp3) is 0.524. The lowest BCUT2D eigenvalue weighted by Crippen LogP contribution is -2.44. The molecule has 3 saturated heterocycles. The molecule has 2 aromatic rings. The average molecular weight is 370 g/mol. The molecule has 3 aliphatic rings. The predicted octanol–water partition coefficient (Wildman–Crippen LogP) is 3.75. The number of carbonyl (C=O) groups is 1. The second-order valence-electron chi connectivity index (χ2n) is 7.60. The van der Waals surface area contributed by atoms with E-state index in [1.54, 1.807) is 11.3 Å². The summed E-state index contributed by atoms with van der Waals surface area (Å²) in [4.78, 5) is 23.7. The molecule has 1 amide bonds. The molecule has 0 radical (unpaired) electrons. The first-order valence-corrected chi connectivity index (χ1v) is 10.5. The molecule has 26 heavy (non-hydrogen) atoms. The number of fused-ring (bicyclic) bond motifs is 4. The fourth-order valence-corrected chi connectivity index (χ4v) is 5.44. The molecule has 3 fully saturated rings. The summed E-state index contributed by atoms with van der Waals surface area (Å²) in [5.41, 5.74) is 3.30. The molecule has 2 bridgehead atoms. The third kappa shape index (κ3) is 3.42. The van der Waals surface area contributed by atoms with E-state index in [9.17, 15) is 4.79 Å². The summed E-state index contributed by atoms with van der Waals surface area (Å²) in [6.07, 6.45) is 5.22. The summed E-state index contributed by atoms with van der Waals surface area (Å²) in [6, 6.07) is 6.57. The van der Waals surface area contributed by atoms with Gasteiger partial charge in [-0.25, -0.2) is 0 Å². The predicted molar refractivity (Wildman–Crippen MR) is 105 cm³/mol. The van der Waals surface area contributed by atoms with Gasteiger partial charge in [0.2, 0.25) is 0 Å². The van der Waals surface area contributed by atoms with Gasteiger partial charge < -0.3 is 4.90 Å². The number of hydrogen-bond donors (Lipinski definition) is 0. The molecule has 3 aliphatic heterocycles. The minimum Gasteiger partial charge on any atom is -0.337 e. The van der Waals surface area contributed by atoms with Crippen LogP contribution in [0.1, 0.15) is 46.3 Å². The molecule has 0 spiro atoms. The van der Waals surface area contributed by atoms with Crippen LogP contribution in [0.5, 0.6) is 0 Å². The highest BCUT2D eigenvalue weighted by molar-refractivity contribution is 7.10. The van der Waals surface area contributed by atoms with Gasteiger partial charge in [-0.15, -0.1) is 11.3 Å². The normalized spacial score (nSPS) is 23.2. The standard InChI is InChI=1S/C21H27N3OS/c1-3-19-15(2)26-14-20(19)21(25)24-11-16-7-8-18(13-24)23(10-16)12-17-6-4-5-9-22-17/h4-6,9,14,16,18H,3,7-8,10-13H2,1-2H3/t16-,18-/m0/s1. The molecular formula is C21H27N3OS. The Morgan fingerprint density at radius 2 is 2.15 bits per heavy atom. The van der Waals surface area contributed by atoms with Crippen molar-refractivity contribution < 1.29 is 4.79 Å². The van der Waals surface area contributed by atoms with E-state index >= 15 is 0 Å². The van der Waals surface area contributed by atoms with Crippen LogP contribution in [0, 0.1) is 12.8 Å². The van der Waals surface area contributed by atoms with E-state index in [0.717, 1.165) is 43.9 Å². The van der Waals surface area contributed by atoms with E-state index in [1.807, 2.05) is 12.3 Å². The van der Waals surface area contributed by atoms with Gasteiger partial charge in [0.05, 0.1) is 11.3 Å². The SMILES string of the molecule is CCc1c(C(=O)N2C[C@H]3CC[C@@H](C2)N(Cc2ccccn2)C3)csc1C. The van der Waals surface area contributed by atoms with E-state index in [4.69, 9.17) is 0 Å². The molecular weight excluding hydrogens is 342 g/mol. The molecule has 0 saturated carbocycles. The van der Waals surface area contributed by atoms with Gasteiger partial charge in [-0.05, 0) is 49.8 Å². The first-order chi connectivity index (χ1) is 12.7. The average Bonchev–Trinajstić information content (AvgIpc) is 2.82.